The molecule has 414 valence electrons. The van der Waals surface area contributed by atoms with Crippen molar-refractivity contribution in [2.75, 3.05) is 40.9 Å². The maximum atomic E-state index is 13.0. The topological polar surface area (TPSA) is 105 Å². The molecule has 3 N–H and O–H groups in total. The molecule has 0 aromatic rings. The molecule has 0 saturated heterocycles. The maximum Gasteiger partial charge on any atom is 0.472 e. The number of hydrogen-bond donors (Lipinski definition) is 3. The van der Waals surface area contributed by atoms with Gasteiger partial charge in [0.1, 0.15) is 13.2 Å². The lowest BCUT2D eigenvalue weighted by Crippen LogP contribution is -2.46. The van der Waals surface area contributed by atoms with Gasteiger partial charge in [0.2, 0.25) is 5.91 Å². The normalized spacial score (nSPS) is 13.8. The lowest BCUT2D eigenvalue weighted by atomic mass is 10.0. The Bertz CT molecular complexity index is 1090. The Hall–Kier alpha value is -0.500. The van der Waals surface area contributed by atoms with E-state index >= 15 is 0 Å². The Kier molecular flexibility index (Phi) is 52.0. The molecule has 0 radical (unpaired) electrons. The zero-order valence-corrected chi connectivity index (χ0v) is 48.2. The van der Waals surface area contributed by atoms with Crippen LogP contribution in [0.1, 0.15) is 328 Å². The number of phosphoric acid groups is 1. The number of aliphatic hydroxyl groups excluding tert-OH is 1. The van der Waals surface area contributed by atoms with Gasteiger partial charge in [-0.05, 0) is 12.8 Å². The molecule has 9 heteroatoms. The molecular weight excluding hydrogens is 876 g/mol. The Labute approximate surface area is 431 Å². The van der Waals surface area contributed by atoms with Crippen molar-refractivity contribution >= 4 is 13.7 Å². The first kappa shape index (κ1) is 68.5. The molecule has 8 nitrogen and oxygen atoms in total. The van der Waals surface area contributed by atoms with Crippen LogP contribution in [0, 0.1) is 0 Å². The third-order valence-corrected chi connectivity index (χ3v) is 15.6. The van der Waals surface area contributed by atoms with Gasteiger partial charge in [-0.1, -0.05) is 309 Å². The second kappa shape index (κ2) is 52.4. The monoisotopic (exact) mass is 1000 g/mol. The van der Waals surface area contributed by atoms with Crippen molar-refractivity contribution in [2.45, 2.75) is 341 Å². The first-order chi connectivity index (χ1) is 33.5. The van der Waals surface area contributed by atoms with Crippen molar-refractivity contribution in [2.24, 2.45) is 0 Å². The summed E-state index contributed by atoms with van der Waals surface area (Å²) in [6.45, 7) is 4.93. The fourth-order valence-corrected chi connectivity index (χ4v) is 10.5. The summed E-state index contributed by atoms with van der Waals surface area (Å²) in [7, 11) is 1.63. The molecule has 0 fully saturated rings. The molecule has 0 aliphatic heterocycles. The molecule has 1 unspecified atom stereocenters. The van der Waals surface area contributed by atoms with Crippen LogP contribution in [0.25, 0.3) is 0 Å². The number of quaternary nitrogens is 1. The lowest BCUT2D eigenvalue weighted by molar-refractivity contribution is -0.870. The van der Waals surface area contributed by atoms with Gasteiger partial charge in [0, 0.05) is 6.42 Å². The van der Waals surface area contributed by atoms with E-state index in [0.717, 1.165) is 38.5 Å². The fourth-order valence-electron chi connectivity index (χ4n) is 9.76. The average molecular weight is 1000 g/mol. The number of likely N-dealkylation sites (N-methyl/N-ethyl adjacent to an activating group) is 1. The summed E-state index contributed by atoms with van der Waals surface area (Å²) in [4.78, 5) is 23.3. The van der Waals surface area contributed by atoms with Crippen LogP contribution < -0.4 is 5.32 Å². The van der Waals surface area contributed by atoms with Gasteiger partial charge in [-0.3, -0.25) is 13.8 Å². The van der Waals surface area contributed by atoms with Crippen molar-refractivity contribution < 1.29 is 32.9 Å². The van der Waals surface area contributed by atoms with E-state index < -0.39 is 20.0 Å². The average Bonchev–Trinajstić information content (AvgIpc) is 3.31. The molecule has 69 heavy (non-hydrogen) atoms. The number of phosphoric ester groups is 1. The Morgan fingerprint density at radius 3 is 0.971 bits per heavy atom. The van der Waals surface area contributed by atoms with E-state index in [9.17, 15) is 19.4 Å². The minimum Gasteiger partial charge on any atom is -0.391 e. The van der Waals surface area contributed by atoms with Gasteiger partial charge in [-0.15, -0.1) is 0 Å². The summed E-state index contributed by atoms with van der Waals surface area (Å²) < 4.78 is 23.7. The van der Waals surface area contributed by atoms with Crippen LogP contribution in [0.15, 0.2) is 0 Å². The first-order valence-electron chi connectivity index (χ1n) is 30.9. The van der Waals surface area contributed by atoms with Crippen LogP contribution in [-0.4, -0.2) is 73.4 Å². The molecule has 0 aromatic carbocycles. The Morgan fingerprint density at radius 1 is 0.435 bits per heavy atom. The van der Waals surface area contributed by atoms with Crippen molar-refractivity contribution in [1.82, 2.24) is 5.32 Å². The van der Waals surface area contributed by atoms with E-state index in [1.165, 1.54) is 263 Å². The standard InChI is InChI=1S/C60H123N2O6P/c1-6-8-10-12-14-16-18-20-21-22-23-24-25-26-27-28-29-30-31-32-33-34-35-36-37-38-39-40-41-42-44-46-48-50-52-54-60(64)61-58(57-68-69(65,66)67-56-55-62(3,4)5)59(63)53-51-49-47-45-43-19-17-15-13-11-9-7-2/h58-59,63H,6-57H2,1-5H3,(H-,61,64,65,66)/p+1/t58-,59+/m0/s1. The van der Waals surface area contributed by atoms with Crippen LogP contribution in [0.3, 0.4) is 0 Å². The van der Waals surface area contributed by atoms with Crippen molar-refractivity contribution in [3.05, 3.63) is 0 Å². The molecule has 0 bridgehead atoms. The number of hydrogen-bond acceptors (Lipinski definition) is 5. The van der Waals surface area contributed by atoms with Crippen LogP contribution >= 0.6 is 7.82 Å². The number of nitrogens with one attached hydrogen (secondary N) is 1. The van der Waals surface area contributed by atoms with Crippen molar-refractivity contribution in [1.29, 1.82) is 0 Å². The quantitative estimate of drug-likeness (QED) is 0.0318. The lowest BCUT2D eigenvalue weighted by Gasteiger charge is -2.26. The molecule has 0 heterocycles. The van der Waals surface area contributed by atoms with E-state index in [1.807, 2.05) is 21.1 Å². The number of aliphatic hydroxyl groups is 1. The molecule has 0 aromatic heterocycles. The number of unbranched alkanes of at least 4 members (excludes halogenated alkanes) is 45. The molecule has 0 spiro atoms. The van der Waals surface area contributed by atoms with E-state index in [-0.39, 0.29) is 19.1 Å². The smallest absolute Gasteiger partial charge is 0.391 e. The van der Waals surface area contributed by atoms with Crippen LogP contribution in [0.4, 0.5) is 0 Å². The van der Waals surface area contributed by atoms with Gasteiger partial charge < -0.3 is 19.8 Å². The van der Waals surface area contributed by atoms with Crippen molar-refractivity contribution in [3.8, 4) is 0 Å². The third kappa shape index (κ3) is 55.1. The number of nitrogens with zero attached hydrogens (tertiary/aromatic N) is 1. The minimum absolute atomic E-state index is 0.0788. The largest absolute Gasteiger partial charge is 0.472 e. The zero-order valence-electron chi connectivity index (χ0n) is 47.3. The summed E-state index contributed by atoms with van der Waals surface area (Å²) in [5.74, 6) is -0.137. The summed E-state index contributed by atoms with van der Waals surface area (Å²) in [6.07, 6.45) is 63.4. The number of carbonyl (C=O) groups is 1. The minimum atomic E-state index is -4.31. The van der Waals surface area contributed by atoms with Crippen LogP contribution in [0.5, 0.6) is 0 Å². The SMILES string of the molecule is CCCCCCCCCCCCCCCCCCCCCCCCCCCCCCCCCCCCCC(=O)N[C@@H](COP(=O)(O)OCC[N+](C)(C)C)[C@H](O)CCCCCCCCCCCCCC. The molecule has 1 amide bonds. The highest BCUT2D eigenvalue weighted by atomic mass is 31.2. The summed E-state index contributed by atoms with van der Waals surface area (Å²) >= 11 is 0. The molecule has 3 atom stereocenters. The van der Waals surface area contributed by atoms with E-state index in [4.69, 9.17) is 9.05 Å². The van der Waals surface area contributed by atoms with E-state index in [1.54, 1.807) is 0 Å². The van der Waals surface area contributed by atoms with Gasteiger partial charge in [0.25, 0.3) is 0 Å². The highest BCUT2D eigenvalue weighted by molar-refractivity contribution is 7.47. The Morgan fingerprint density at radius 2 is 0.696 bits per heavy atom. The third-order valence-electron chi connectivity index (χ3n) is 14.6. The second-order valence-electron chi connectivity index (χ2n) is 22.8. The first-order valence-corrected chi connectivity index (χ1v) is 32.4. The van der Waals surface area contributed by atoms with Gasteiger partial charge in [-0.2, -0.15) is 0 Å². The van der Waals surface area contributed by atoms with Gasteiger partial charge >= 0.3 is 7.82 Å². The van der Waals surface area contributed by atoms with Gasteiger partial charge in [-0.25, -0.2) is 4.57 Å². The van der Waals surface area contributed by atoms with E-state index in [0.29, 0.717) is 23.9 Å². The Balaban J connectivity index is 3.85. The highest BCUT2D eigenvalue weighted by Crippen LogP contribution is 2.43. The number of carbonyl (C=O) groups excluding carboxylic acids is 1. The molecule has 0 aliphatic rings. The summed E-state index contributed by atoms with van der Waals surface area (Å²) in [5.41, 5.74) is 0. The predicted molar refractivity (Wildman–Crippen MR) is 300 cm³/mol. The highest BCUT2D eigenvalue weighted by Gasteiger charge is 2.28. The van der Waals surface area contributed by atoms with E-state index in [2.05, 4.69) is 19.2 Å². The predicted octanol–water partition coefficient (Wildman–Crippen LogP) is 18.8. The molecule has 0 saturated carbocycles. The number of amides is 1. The second-order valence-corrected chi connectivity index (χ2v) is 24.3. The van der Waals surface area contributed by atoms with Crippen molar-refractivity contribution in [3.63, 3.8) is 0 Å². The van der Waals surface area contributed by atoms with Gasteiger partial charge in [0.15, 0.2) is 0 Å². The van der Waals surface area contributed by atoms with Crippen LogP contribution in [0.2, 0.25) is 0 Å². The summed E-state index contributed by atoms with van der Waals surface area (Å²) in [6, 6.07) is -0.754. The molecule has 0 rings (SSSR count). The molecular formula is C60H124N2O6P+. The summed E-state index contributed by atoms with van der Waals surface area (Å²) in [5, 5.41) is 14.0. The number of rotatable bonds is 58. The van der Waals surface area contributed by atoms with Gasteiger partial charge in [0.05, 0.1) is 39.9 Å². The fraction of sp³-hybridized carbons (Fsp3) is 0.983. The molecule has 0 aliphatic carbocycles. The van der Waals surface area contributed by atoms with Crippen LogP contribution in [-0.2, 0) is 18.4 Å². The maximum absolute atomic E-state index is 13.0. The zero-order chi connectivity index (χ0) is 50.6.